The van der Waals surface area contributed by atoms with Crippen molar-refractivity contribution in [2.45, 2.75) is 45.1 Å². The molecule has 3 rings (SSSR count). The molecule has 21 heavy (non-hydrogen) atoms. The van der Waals surface area contributed by atoms with Gasteiger partial charge in [0.2, 0.25) is 5.91 Å². The van der Waals surface area contributed by atoms with E-state index < -0.39 is 0 Å². The quantitative estimate of drug-likeness (QED) is 0.918. The second-order valence-electron chi connectivity index (χ2n) is 6.46. The van der Waals surface area contributed by atoms with Gasteiger partial charge in [0.1, 0.15) is 0 Å². The topological polar surface area (TPSA) is 52.2 Å². The Balaban J connectivity index is 1.47. The number of aromatic amines is 1. The number of carbonyl (C=O) groups excluding carboxylic acids is 1. The fraction of sp³-hybridized carbons (Fsp3) is 0.750. The van der Waals surface area contributed by atoms with E-state index in [9.17, 15) is 4.79 Å². The third-order valence-electron chi connectivity index (χ3n) is 5.19. The van der Waals surface area contributed by atoms with E-state index in [2.05, 4.69) is 21.8 Å². The number of carbonyl (C=O) groups is 1. The van der Waals surface area contributed by atoms with Crippen molar-refractivity contribution in [1.82, 2.24) is 19.8 Å². The smallest absolute Gasteiger partial charge is 0.228 e. The highest BCUT2D eigenvalue weighted by molar-refractivity contribution is 5.78. The number of amides is 1. The molecule has 0 bridgehead atoms. The standard InChI is InChI=1S/C16H26N4O/c1-13(19-6-2-3-7-19)14-4-8-20(9-5-14)16(21)10-15-11-17-12-18-15/h11-14H,2-10H2,1H3,(H,17,18)/t13-/m0/s1. The molecule has 3 heterocycles. The summed E-state index contributed by atoms with van der Waals surface area (Å²) in [4.78, 5) is 23.9. The fourth-order valence-corrected chi connectivity index (χ4v) is 3.73. The van der Waals surface area contributed by atoms with E-state index in [1.54, 1.807) is 12.5 Å². The number of piperidine rings is 1. The number of aromatic nitrogens is 2. The van der Waals surface area contributed by atoms with Gasteiger partial charge in [-0.15, -0.1) is 0 Å². The molecule has 2 aliphatic heterocycles. The van der Waals surface area contributed by atoms with E-state index in [-0.39, 0.29) is 5.91 Å². The zero-order valence-corrected chi connectivity index (χ0v) is 12.9. The van der Waals surface area contributed by atoms with Crippen molar-refractivity contribution in [2.24, 2.45) is 5.92 Å². The SMILES string of the molecule is C[C@@H](C1CCN(C(=O)Cc2cnc[nH]2)CC1)N1CCCC1. The van der Waals surface area contributed by atoms with Crippen molar-refractivity contribution >= 4 is 5.91 Å². The average molecular weight is 290 g/mol. The van der Waals surface area contributed by atoms with E-state index in [0.717, 1.165) is 37.5 Å². The van der Waals surface area contributed by atoms with Gasteiger partial charge in [-0.2, -0.15) is 0 Å². The lowest BCUT2D eigenvalue weighted by Crippen LogP contribution is -2.45. The first kappa shape index (κ1) is 14.6. The largest absolute Gasteiger partial charge is 0.348 e. The van der Waals surface area contributed by atoms with Crippen LogP contribution in [0.1, 0.15) is 38.3 Å². The Labute approximate surface area is 126 Å². The highest BCUT2D eigenvalue weighted by Crippen LogP contribution is 2.26. The molecule has 0 saturated carbocycles. The van der Waals surface area contributed by atoms with Gasteiger partial charge in [0.05, 0.1) is 12.7 Å². The van der Waals surface area contributed by atoms with Gasteiger partial charge in [-0.25, -0.2) is 4.98 Å². The Morgan fingerprint density at radius 1 is 1.33 bits per heavy atom. The molecule has 1 aromatic heterocycles. The van der Waals surface area contributed by atoms with Crippen molar-refractivity contribution in [2.75, 3.05) is 26.2 Å². The van der Waals surface area contributed by atoms with E-state index in [1.165, 1.54) is 25.9 Å². The second kappa shape index (κ2) is 6.60. The lowest BCUT2D eigenvalue weighted by atomic mass is 9.89. The Morgan fingerprint density at radius 2 is 2.05 bits per heavy atom. The summed E-state index contributed by atoms with van der Waals surface area (Å²) in [6.07, 6.45) is 8.81. The van der Waals surface area contributed by atoms with E-state index >= 15 is 0 Å². The molecule has 2 fully saturated rings. The molecule has 0 aromatic carbocycles. The molecule has 1 aromatic rings. The molecule has 1 amide bonds. The molecule has 1 N–H and O–H groups in total. The van der Waals surface area contributed by atoms with Crippen molar-refractivity contribution in [3.8, 4) is 0 Å². The molecular formula is C16H26N4O. The van der Waals surface area contributed by atoms with Gasteiger partial charge in [-0.3, -0.25) is 4.79 Å². The molecule has 5 nitrogen and oxygen atoms in total. The summed E-state index contributed by atoms with van der Waals surface area (Å²) >= 11 is 0. The Kier molecular flexibility index (Phi) is 4.58. The number of hydrogen-bond acceptors (Lipinski definition) is 3. The van der Waals surface area contributed by atoms with Gasteiger partial charge < -0.3 is 14.8 Å². The maximum atomic E-state index is 12.3. The van der Waals surface area contributed by atoms with Crippen LogP contribution in [0.3, 0.4) is 0 Å². The first-order chi connectivity index (χ1) is 10.2. The summed E-state index contributed by atoms with van der Waals surface area (Å²) in [5, 5.41) is 0. The molecule has 0 spiro atoms. The van der Waals surface area contributed by atoms with E-state index in [0.29, 0.717) is 12.5 Å². The molecule has 0 radical (unpaired) electrons. The van der Waals surface area contributed by atoms with Crippen LogP contribution < -0.4 is 0 Å². The Morgan fingerprint density at radius 3 is 2.67 bits per heavy atom. The second-order valence-corrected chi connectivity index (χ2v) is 6.46. The van der Waals surface area contributed by atoms with Crippen molar-refractivity contribution < 1.29 is 4.79 Å². The van der Waals surface area contributed by atoms with Crippen LogP contribution in [0.25, 0.3) is 0 Å². The molecule has 2 saturated heterocycles. The highest BCUT2D eigenvalue weighted by Gasteiger charge is 2.30. The minimum absolute atomic E-state index is 0.228. The first-order valence-corrected chi connectivity index (χ1v) is 8.23. The molecule has 5 heteroatoms. The predicted molar refractivity (Wildman–Crippen MR) is 81.9 cm³/mol. The lowest BCUT2D eigenvalue weighted by Gasteiger charge is -2.38. The van der Waals surface area contributed by atoms with E-state index in [4.69, 9.17) is 0 Å². The first-order valence-electron chi connectivity index (χ1n) is 8.23. The number of H-pyrrole nitrogens is 1. The summed E-state index contributed by atoms with van der Waals surface area (Å²) in [5.74, 6) is 0.978. The number of imidazole rings is 1. The molecule has 0 unspecified atom stereocenters. The van der Waals surface area contributed by atoms with Gasteiger partial charge in [-0.05, 0) is 51.6 Å². The summed E-state index contributed by atoms with van der Waals surface area (Å²) < 4.78 is 0. The minimum atomic E-state index is 0.228. The maximum absolute atomic E-state index is 12.3. The van der Waals surface area contributed by atoms with Crippen LogP contribution in [-0.4, -0.2) is 57.9 Å². The molecule has 1 atom stereocenters. The molecule has 0 aliphatic carbocycles. The average Bonchev–Trinajstić information content (AvgIpc) is 3.20. The fourth-order valence-electron chi connectivity index (χ4n) is 3.73. The summed E-state index contributed by atoms with van der Waals surface area (Å²) in [7, 11) is 0. The maximum Gasteiger partial charge on any atom is 0.228 e. The minimum Gasteiger partial charge on any atom is -0.348 e. The number of likely N-dealkylation sites (tertiary alicyclic amines) is 2. The van der Waals surface area contributed by atoms with Crippen LogP contribution in [0.2, 0.25) is 0 Å². The Bertz CT molecular complexity index is 445. The predicted octanol–water partition coefficient (Wildman–Crippen LogP) is 1.68. The molecule has 116 valence electrons. The van der Waals surface area contributed by atoms with Crippen LogP contribution in [0.15, 0.2) is 12.5 Å². The number of hydrogen-bond donors (Lipinski definition) is 1. The third kappa shape index (κ3) is 3.46. The van der Waals surface area contributed by atoms with Gasteiger partial charge in [0.25, 0.3) is 0 Å². The van der Waals surface area contributed by atoms with Crippen LogP contribution in [0.5, 0.6) is 0 Å². The van der Waals surface area contributed by atoms with Crippen LogP contribution in [-0.2, 0) is 11.2 Å². The summed E-state index contributed by atoms with van der Waals surface area (Å²) in [6, 6.07) is 0.678. The zero-order valence-electron chi connectivity index (χ0n) is 12.9. The summed E-state index contributed by atoms with van der Waals surface area (Å²) in [6.45, 7) is 6.73. The van der Waals surface area contributed by atoms with Gasteiger partial charge in [-0.1, -0.05) is 0 Å². The highest BCUT2D eigenvalue weighted by atomic mass is 16.2. The van der Waals surface area contributed by atoms with Crippen molar-refractivity contribution in [3.63, 3.8) is 0 Å². The Hall–Kier alpha value is -1.36. The molecular weight excluding hydrogens is 264 g/mol. The van der Waals surface area contributed by atoms with Crippen LogP contribution in [0, 0.1) is 5.92 Å². The lowest BCUT2D eigenvalue weighted by molar-refractivity contribution is -0.132. The monoisotopic (exact) mass is 290 g/mol. The van der Waals surface area contributed by atoms with Crippen molar-refractivity contribution in [1.29, 1.82) is 0 Å². The third-order valence-corrected chi connectivity index (χ3v) is 5.19. The van der Waals surface area contributed by atoms with E-state index in [1.807, 2.05) is 4.90 Å². The zero-order chi connectivity index (χ0) is 14.7. The van der Waals surface area contributed by atoms with Crippen LogP contribution >= 0.6 is 0 Å². The summed E-state index contributed by atoms with van der Waals surface area (Å²) in [5.41, 5.74) is 0.910. The van der Waals surface area contributed by atoms with Crippen molar-refractivity contribution in [3.05, 3.63) is 18.2 Å². The van der Waals surface area contributed by atoms with Crippen LogP contribution in [0.4, 0.5) is 0 Å². The van der Waals surface area contributed by atoms with Gasteiger partial charge >= 0.3 is 0 Å². The van der Waals surface area contributed by atoms with Gasteiger partial charge in [0, 0.05) is 31.0 Å². The van der Waals surface area contributed by atoms with Gasteiger partial charge in [0.15, 0.2) is 0 Å². The number of nitrogens with one attached hydrogen (secondary N) is 1. The molecule has 2 aliphatic rings. The normalized spacial score (nSPS) is 22.6. The number of nitrogens with zero attached hydrogens (tertiary/aromatic N) is 3. The number of rotatable bonds is 4.